The molecule has 0 saturated carbocycles. The second-order valence-electron chi connectivity index (χ2n) is 4.20. The third-order valence-electron chi connectivity index (χ3n) is 2.93. The van der Waals surface area contributed by atoms with Crippen LogP contribution in [0, 0.1) is 5.92 Å². The number of likely N-dealkylation sites (tertiary alicyclic amines) is 1. The second kappa shape index (κ2) is 5.44. The minimum absolute atomic E-state index is 0.163. The van der Waals surface area contributed by atoms with Crippen LogP contribution in [0.4, 0.5) is 0 Å². The predicted octanol–water partition coefficient (Wildman–Crippen LogP) is 1.03. The summed E-state index contributed by atoms with van der Waals surface area (Å²) in [4.78, 5) is 28.2. The van der Waals surface area contributed by atoms with E-state index in [4.69, 9.17) is 5.11 Å². The van der Waals surface area contributed by atoms with E-state index >= 15 is 0 Å². The van der Waals surface area contributed by atoms with Crippen molar-refractivity contribution in [1.29, 1.82) is 0 Å². The number of carbonyl (C=O) groups excluding carboxylic acids is 1. The summed E-state index contributed by atoms with van der Waals surface area (Å²) in [6.45, 7) is 0.795. The Balaban J connectivity index is 1.93. The van der Waals surface area contributed by atoms with Gasteiger partial charge in [-0.25, -0.2) is 0 Å². The Labute approximate surface area is 105 Å². The molecule has 1 fully saturated rings. The Bertz CT molecular complexity index is 470. The fourth-order valence-corrected chi connectivity index (χ4v) is 1.90. The lowest BCUT2D eigenvalue weighted by Gasteiger charge is -2.12. The molecule has 5 nitrogen and oxygen atoms in total. The lowest BCUT2D eigenvalue weighted by atomic mass is 10.1. The van der Waals surface area contributed by atoms with Crippen LogP contribution in [0.1, 0.15) is 12.1 Å². The summed E-state index contributed by atoms with van der Waals surface area (Å²) in [5.41, 5.74) is 0.708. The maximum Gasteiger partial charge on any atom is 0.308 e. The molecule has 1 atom stereocenters. The van der Waals surface area contributed by atoms with E-state index < -0.39 is 11.9 Å². The average Bonchev–Trinajstić information content (AvgIpc) is 2.87. The van der Waals surface area contributed by atoms with E-state index in [2.05, 4.69) is 4.98 Å². The lowest BCUT2D eigenvalue weighted by molar-refractivity contribution is -0.141. The summed E-state index contributed by atoms with van der Waals surface area (Å²) in [5.74, 6) is -1.43. The lowest BCUT2D eigenvalue weighted by Crippen LogP contribution is -2.28. The van der Waals surface area contributed by atoms with Crippen LogP contribution in [-0.4, -0.2) is 40.0 Å². The van der Waals surface area contributed by atoms with Gasteiger partial charge in [0.05, 0.1) is 11.6 Å². The van der Waals surface area contributed by atoms with Crippen LogP contribution in [0.15, 0.2) is 30.5 Å². The number of carboxylic acids is 1. The molecule has 1 aromatic heterocycles. The van der Waals surface area contributed by atoms with Crippen LogP contribution in [0.3, 0.4) is 0 Å². The number of carboxylic acid groups (broad SMARTS) is 1. The first-order valence-electron chi connectivity index (χ1n) is 5.77. The number of pyridine rings is 1. The van der Waals surface area contributed by atoms with E-state index in [-0.39, 0.29) is 5.91 Å². The van der Waals surface area contributed by atoms with E-state index in [1.54, 1.807) is 29.3 Å². The molecule has 0 spiro atoms. The molecule has 18 heavy (non-hydrogen) atoms. The molecule has 2 heterocycles. The van der Waals surface area contributed by atoms with Crippen molar-refractivity contribution >= 4 is 18.0 Å². The Morgan fingerprint density at radius 3 is 2.89 bits per heavy atom. The summed E-state index contributed by atoms with van der Waals surface area (Å²) < 4.78 is 0. The minimum atomic E-state index is -0.834. The van der Waals surface area contributed by atoms with Gasteiger partial charge in [0.15, 0.2) is 0 Å². The molecule has 1 aliphatic rings. The third-order valence-corrected chi connectivity index (χ3v) is 2.93. The van der Waals surface area contributed by atoms with E-state index in [1.807, 2.05) is 6.07 Å². The van der Waals surface area contributed by atoms with Gasteiger partial charge in [0.25, 0.3) is 0 Å². The number of hydrogen-bond donors (Lipinski definition) is 1. The highest BCUT2D eigenvalue weighted by molar-refractivity contribution is 5.92. The van der Waals surface area contributed by atoms with Crippen LogP contribution >= 0.6 is 0 Å². The minimum Gasteiger partial charge on any atom is -0.481 e. The van der Waals surface area contributed by atoms with Gasteiger partial charge in [-0.15, -0.1) is 0 Å². The molecule has 1 unspecified atom stereocenters. The average molecular weight is 246 g/mol. The normalized spacial score (nSPS) is 19.3. The van der Waals surface area contributed by atoms with Gasteiger partial charge < -0.3 is 10.0 Å². The van der Waals surface area contributed by atoms with Crippen molar-refractivity contribution in [1.82, 2.24) is 9.88 Å². The van der Waals surface area contributed by atoms with Gasteiger partial charge in [0.2, 0.25) is 5.91 Å². The maximum atomic E-state index is 11.8. The van der Waals surface area contributed by atoms with Crippen molar-refractivity contribution in [2.75, 3.05) is 13.1 Å². The molecular weight excluding hydrogens is 232 g/mol. The van der Waals surface area contributed by atoms with Gasteiger partial charge in [-0.3, -0.25) is 14.6 Å². The summed E-state index contributed by atoms with van der Waals surface area (Å²) >= 11 is 0. The van der Waals surface area contributed by atoms with Crippen LogP contribution < -0.4 is 0 Å². The summed E-state index contributed by atoms with van der Waals surface area (Å²) in [7, 11) is 0. The first-order chi connectivity index (χ1) is 8.66. The topological polar surface area (TPSA) is 70.5 Å². The summed E-state index contributed by atoms with van der Waals surface area (Å²) in [6.07, 6.45) is 5.25. The highest BCUT2D eigenvalue weighted by atomic mass is 16.4. The van der Waals surface area contributed by atoms with Crippen molar-refractivity contribution in [3.05, 3.63) is 36.2 Å². The molecule has 0 aliphatic carbocycles. The van der Waals surface area contributed by atoms with Gasteiger partial charge in [-0.1, -0.05) is 6.07 Å². The predicted molar refractivity (Wildman–Crippen MR) is 65.6 cm³/mol. The van der Waals surface area contributed by atoms with Crippen molar-refractivity contribution in [3.63, 3.8) is 0 Å². The zero-order valence-electron chi connectivity index (χ0n) is 9.82. The van der Waals surface area contributed by atoms with Gasteiger partial charge in [-0.05, 0) is 24.6 Å². The fourth-order valence-electron chi connectivity index (χ4n) is 1.90. The molecule has 0 bridgehead atoms. The highest BCUT2D eigenvalue weighted by Crippen LogP contribution is 2.16. The molecule has 1 aromatic rings. The molecule has 1 N–H and O–H groups in total. The first kappa shape index (κ1) is 12.3. The Morgan fingerprint density at radius 2 is 2.28 bits per heavy atom. The number of amides is 1. The maximum absolute atomic E-state index is 11.8. The monoisotopic (exact) mass is 246 g/mol. The number of aromatic nitrogens is 1. The Morgan fingerprint density at radius 1 is 1.44 bits per heavy atom. The standard InChI is InChI=1S/C13H14N2O3/c16-12(5-4-11-3-1-2-7-14-11)15-8-6-10(9-15)13(17)18/h1-5,7,10H,6,8-9H2,(H,17,18)/b5-4+. The van der Waals surface area contributed by atoms with Gasteiger partial charge in [-0.2, -0.15) is 0 Å². The third kappa shape index (κ3) is 2.94. The molecule has 2 rings (SSSR count). The molecule has 1 saturated heterocycles. The largest absolute Gasteiger partial charge is 0.481 e. The summed E-state index contributed by atoms with van der Waals surface area (Å²) in [6, 6.07) is 5.44. The van der Waals surface area contributed by atoms with E-state index in [0.717, 1.165) is 0 Å². The second-order valence-corrected chi connectivity index (χ2v) is 4.20. The number of carbonyl (C=O) groups is 2. The van der Waals surface area contributed by atoms with E-state index in [0.29, 0.717) is 25.2 Å². The van der Waals surface area contributed by atoms with E-state index in [9.17, 15) is 9.59 Å². The molecule has 1 aliphatic heterocycles. The van der Waals surface area contributed by atoms with Crippen LogP contribution in [0.25, 0.3) is 6.08 Å². The first-order valence-corrected chi connectivity index (χ1v) is 5.77. The Hall–Kier alpha value is -2.17. The SMILES string of the molecule is O=C(O)C1CCN(C(=O)/C=C/c2ccccn2)C1. The number of aliphatic carboxylic acids is 1. The van der Waals surface area contributed by atoms with Crippen LogP contribution in [0.5, 0.6) is 0 Å². The summed E-state index contributed by atoms with van der Waals surface area (Å²) in [5, 5.41) is 8.85. The van der Waals surface area contributed by atoms with Gasteiger partial charge in [0, 0.05) is 25.4 Å². The van der Waals surface area contributed by atoms with Gasteiger partial charge in [0.1, 0.15) is 0 Å². The number of hydrogen-bond acceptors (Lipinski definition) is 3. The van der Waals surface area contributed by atoms with Crippen molar-refractivity contribution < 1.29 is 14.7 Å². The smallest absolute Gasteiger partial charge is 0.308 e. The zero-order valence-corrected chi connectivity index (χ0v) is 9.82. The molecular formula is C13H14N2O3. The van der Waals surface area contributed by atoms with Crippen LogP contribution in [0.2, 0.25) is 0 Å². The number of rotatable bonds is 3. The fraction of sp³-hybridized carbons (Fsp3) is 0.308. The molecule has 94 valence electrons. The van der Waals surface area contributed by atoms with Crippen molar-refractivity contribution in [3.8, 4) is 0 Å². The van der Waals surface area contributed by atoms with Crippen molar-refractivity contribution in [2.24, 2.45) is 5.92 Å². The highest BCUT2D eigenvalue weighted by Gasteiger charge is 2.29. The van der Waals surface area contributed by atoms with Crippen LogP contribution in [-0.2, 0) is 9.59 Å². The molecule has 5 heteroatoms. The molecule has 0 aromatic carbocycles. The quantitative estimate of drug-likeness (QED) is 0.808. The van der Waals surface area contributed by atoms with E-state index in [1.165, 1.54) is 6.08 Å². The molecule has 0 radical (unpaired) electrons. The van der Waals surface area contributed by atoms with Gasteiger partial charge >= 0.3 is 5.97 Å². The van der Waals surface area contributed by atoms with Crippen molar-refractivity contribution in [2.45, 2.75) is 6.42 Å². The molecule has 1 amide bonds. The number of nitrogens with zero attached hydrogens (tertiary/aromatic N) is 2. The zero-order chi connectivity index (χ0) is 13.0. The Kier molecular flexibility index (Phi) is 3.72.